The summed E-state index contributed by atoms with van der Waals surface area (Å²) in [6, 6.07) is 0.0600. The van der Waals surface area contributed by atoms with Crippen LogP contribution in [0.4, 0.5) is 0 Å². The lowest BCUT2D eigenvalue weighted by Gasteiger charge is -2.08. The zero-order chi connectivity index (χ0) is 7.82. The van der Waals surface area contributed by atoms with Crippen molar-refractivity contribution in [2.45, 2.75) is 6.04 Å². The lowest BCUT2D eigenvalue weighted by Crippen LogP contribution is -2.40. The highest BCUT2D eigenvalue weighted by atomic mass is 14.9. The monoisotopic (exact) mass is 144 g/mol. The minimum absolute atomic E-state index is 0.0600. The van der Waals surface area contributed by atoms with Crippen LogP contribution < -0.4 is 16.8 Å². The van der Waals surface area contributed by atoms with Gasteiger partial charge in [-0.05, 0) is 6.72 Å². The molecule has 0 spiro atoms. The lowest BCUT2D eigenvalue weighted by atomic mass is 10.3. The third-order valence-electron chi connectivity index (χ3n) is 1.16. The maximum absolute atomic E-state index is 5.52. The van der Waals surface area contributed by atoms with Crippen molar-refractivity contribution in [2.75, 3.05) is 26.2 Å². The molecule has 0 aliphatic rings. The van der Waals surface area contributed by atoms with E-state index in [1.807, 2.05) is 0 Å². The van der Waals surface area contributed by atoms with Gasteiger partial charge in [-0.3, -0.25) is 4.99 Å². The summed E-state index contributed by atoms with van der Waals surface area (Å²) in [5.41, 5.74) is 10.8. The van der Waals surface area contributed by atoms with E-state index in [-0.39, 0.29) is 6.04 Å². The molecular formula is C6H16N4. The largest absolute Gasteiger partial charge is 0.329 e. The standard InChI is InChI=1S/C6H16N4/c1-9-2-3-10-5-6(8)4-7/h6,10H,1-5,7-8H2. The molecule has 0 saturated carbocycles. The average Bonchev–Trinajstić information content (AvgIpc) is 1.98. The van der Waals surface area contributed by atoms with Gasteiger partial charge in [0.2, 0.25) is 0 Å². The van der Waals surface area contributed by atoms with E-state index in [9.17, 15) is 0 Å². The normalized spacial score (nSPS) is 13.0. The van der Waals surface area contributed by atoms with Crippen LogP contribution in [-0.4, -0.2) is 38.9 Å². The highest BCUT2D eigenvalue weighted by Gasteiger charge is 1.95. The highest BCUT2D eigenvalue weighted by molar-refractivity contribution is 5.23. The van der Waals surface area contributed by atoms with Crippen LogP contribution in [0.1, 0.15) is 0 Å². The van der Waals surface area contributed by atoms with E-state index in [1.54, 1.807) is 0 Å². The zero-order valence-electron chi connectivity index (χ0n) is 6.21. The number of hydrogen-bond donors (Lipinski definition) is 3. The van der Waals surface area contributed by atoms with Crippen molar-refractivity contribution in [1.29, 1.82) is 0 Å². The summed E-state index contributed by atoms with van der Waals surface area (Å²) in [5, 5.41) is 3.10. The molecule has 0 rings (SSSR count). The summed E-state index contributed by atoms with van der Waals surface area (Å²) < 4.78 is 0. The molecule has 5 N–H and O–H groups in total. The molecule has 0 bridgehead atoms. The summed E-state index contributed by atoms with van der Waals surface area (Å²) in [6.45, 7) is 6.19. The third kappa shape index (κ3) is 5.68. The molecule has 60 valence electrons. The quantitative estimate of drug-likeness (QED) is 0.316. The van der Waals surface area contributed by atoms with Crippen LogP contribution in [0.15, 0.2) is 4.99 Å². The van der Waals surface area contributed by atoms with Crippen molar-refractivity contribution in [3.8, 4) is 0 Å². The Morgan fingerprint density at radius 1 is 1.60 bits per heavy atom. The van der Waals surface area contributed by atoms with Crippen LogP contribution in [0.25, 0.3) is 0 Å². The Labute approximate surface area is 61.7 Å². The molecule has 0 aliphatic carbocycles. The van der Waals surface area contributed by atoms with E-state index in [1.165, 1.54) is 0 Å². The zero-order valence-corrected chi connectivity index (χ0v) is 6.21. The third-order valence-corrected chi connectivity index (χ3v) is 1.16. The highest BCUT2D eigenvalue weighted by Crippen LogP contribution is 1.69. The van der Waals surface area contributed by atoms with E-state index < -0.39 is 0 Å². The molecule has 0 aromatic carbocycles. The minimum Gasteiger partial charge on any atom is -0.329 e. The van der Waals surface area contributed by atoms with E-state index in [0.29, 0.717) is 6.54 Å². The maximum atomic E-state index is 5.52. The predicted molar refractivity (Wildman–Crippen MR) is 44.3 cm³/mol. The van der Waals surface area contributed by atoms with Crippen molar-refractivity contribution < 1.29 is 0 Å². The van der Waals surface area contributed by atoms with Gasteiger partial charge < -0.3 is 16.8 Å². The van der Waals surface area contributed by atoms with E-state index >= 15 is 0 Å². The number of nitrogens with one attached hydrogen (secondary N) is 1. The van der Waals surface area contributed by atoms with Gasteiger partial charge in [0.1, 0.15) is 0 Å². The van der Waals surface area contributed by atoms with Crippen LogP contribution in [0.3, 0.4) is 0 Å². The molecule has 1 atom stereocenters. The first-order valence-corrected chi connectivity index (χ1v) is 3.40. The van der Waals surface area contributed by atoms with Crippen molar-refractivity contribution in [1.82, 2.24) is 5.32 Å². The molecule has 0 saturated heterocycles. The topological polar surface area (TPSA) is 76.4 Å². The molecule has 1 unspecified atom stereocenters. The number of nitrogens with zero attached hydrogens (tertiary/aromatic N) is 1. The second kappa shape index (κ2) is 6.67. The fourth-order valence-corrected chi connectivity index (χ4v) is 0.529. The minimum atomic E-state index is 0.0600. The molecule has 0 aliphatic heterocycles. The van der Waals surface area contributed by atoms with Gasteiger partial charge in [-0.25, -0.2) is 0 Å². The van der Waals surface area contributed by atoms with E-state index in [0.717, 1.165) is 19.6 Å². The lowest BCUT2D eigenvalue weighted by molar-refractivity contribution is 0.587. The van der Waals surface area contributed by atoms with Gasteiger partial charge >= 0.3 is 0 Å². The Kier molecular flexibility index (Phi) is 6.37. The molecule has 0 aromatic heterocycles. The number of nitrogens with two attached hydrogens (primary N) is 2. The van der Waals surface area contributed by atoms with Gasteiger partial charge in [0, 0.05) is 25.7 Å². The van der Waals surface area contributed by atoms with Gasteiger partial charge in [0.05, 0.1) is 6.54 Å². The number of aliphatic imine (C=N–C) groups is 1. The van der Waals surface area contributed by atoms with E-state index in [4.69, 9.17) is 11.5 Å². The summed E-state index contributed by atoms with van der Waals surface area (Å²) in [7, 11) is 0. The van der Waals surface area contributed by atoms with E-state index in [2.05, 4.69) is 17.0 Å². The SMILES string of the molecule is C=NCCNCC(N)CN. The summed E-state index contributed by atoms with van der Waals surface area (Å²) in [5.74, 6) is 0. The average molecular weight is 144 g/mol. The van der Waals surface area contributed by atoms with Crippen LogP contribution in [0, 0.1) is 0 Å². The molecule has 0 aromatic rings. The molecule has 0 heterocycles. The Morgan fingerprint density at radius 2 is 2.30 bits per heavy atom. The Balaban J connectivity index is 2.95. The van der Waals surface area contributed by atoms with Crippen LogP contribution in [-0.2, 0) is 0 Å². The molecule has 10 heavy (non-hydrogen) atoms. The van der Waals surface area contributed by atoms with Crippen molar-refractivity contribution in [3.63, 3.8) is 0 Å². The fraction of sp³-hybridized carbons (Fsp3) is 0.833. The Hall–Kier alpha value is -0.450. The number of rotatable bonds is 6. The van der Waals surface area contributed by atoms with Crippen molar-refractivity contribution in [3.05, 3.63) is 0 Å². The maximum Gasteiger partial charge on any atom is 0.0507 e. The van der Waals surface area contributed by atoms with Crippen LogP contribution in [0.5, 0.6) is 0 Å². The first kappa shape index (κ1) is 9.55. The predicted octanol–water partition coefficient (Wildman–Crippen LogP) is -1.44. The number of hydrogen-bond acceptors (Lipinski definition) is 4. The van der Waals surface area contributed by atoms with Gasteiger partial charge in [0.25, 0.3) is 0 Å². The fourth-order valence-electron chi connectivity index (χ4n) is 0.529. The van der Waals surface area contributed by atoms with Crippen molar-refractivity contribution in [2.24, 2.45) is 16.5 Å². The summed E-state index contributed by atoms with van der Waals surface area (Å²) in [4.78, 5) is 3.67. The Bertz CT molecular complexity index is 83.8. The second-order valence-electron chi connectivity index (χ2n) is 2.15. The van der Waals surface area contributed by atoms with Crippen molar-refractivity contribution >= 4 is 6.72 Å². The molecule has 4 nitrogen and oxygen atoms in total. The van der Waals surface area contributed by atoms with Gasteiger partial charge in [0.15, 0.2) is 0 Å². The summed E-state index contributed by atoms with van der Waals surface area (Å²) >= 11 is 0. The smallest absolute Gasteiger partial charge is 0.0507 e. The second-order valence-corrected chi connectivity index (χ2v) is 2.15. The molecular weight excluding hydrogens is 128 g/mol. The van der Waals surface area contributed by atoms with Gasteiger partial charge in [-0.1, -0.05) is 0 Å². The molecule has 0 radical (unpaired) electrons. The summed E-state index contributed by atoms with van der Waals surface area (Å²) in [6.07, 6.45) is 0. The molecule has 0 amide bonds. The van der Waals surface area contributed by atoms with Crippen LogP contribution >= 0.6 is 0 Å². The van der Waals surface area contributed by atoms with Gasteiger partial charge in [-0.15, -0.1) is 0 Å². The molecule has 4 heteroatoms. The first-order chi connectivity index (χ1) is 4.81. The first-order valence-electron chi connectivity index (χ1n) is 3.40. The van der Waals surface area contributed by atoms with Crippen LogP contribution in [0.2, 0.25) is 0 Å². The van der Waals surface area contributed by atoms with Gasteiger partial charge in [-0.2, -0.15) is 0 Å². The molecule has 0 fully saturated rings. The Morgan fingerprint density at radius 3 is 2.80 bits per heavy atom.